The molecule has 3 fully saturated rings. The molecule has 4 unspecified atom stereocenters. The summed E-state index contributed by atoms with van der Waals surface area (Å²) in [6.07, 6.45) is 8.02. The molecule has 7 heteroatoms. The molecular formula is C32H34N4O3. The molecule has 7 nitrogen and oxygen atoms in total. The molecule has 1 spiro atoms. The number of anilines is 1. The molecule has 4 atom stereocenters. The molecule has 3 heterocycles. The van der Waals surface area contributed by atoms with E-state index in [1.807, 2.05) is 61.5 Å². The lowest BCUT2D eigenvalue weighted by Gasteiger charge is -2.68. The number of ether oxygens (including phenoxy) is 1. The first kappa shape index (κ1) is 24.2. The van der Waals surface area contributed by atoms with Crippen LogP contribution in [-0.4, -0.2) is 41.5 Å². The smallest absolute Gasteiger partial charge is 0.253 e. The highest BCUT2D eigenvalue weighted by atomic mass is 16.5. The quantitative estimate of drug-likeness (QED) is 0.495. The second kappa shape index (κ2) is 9.40. The molecule has 2 aliphatic heterocycles. The number of hydrogen-bond donors (Lipinski definition) is 2. The Kier molecular flexibility index (Phi) is 5.83. The number of carbonyl (C=O) groups is 2. The van der Waals surface area contributed by atoms with Crippen LogP contribution in [0.1, 0.15) is 69.5 Å². The van der Waals surface area contributed by atoms with Gasteiger partial charge in [-0.25, -0.2) is 4.98 Å². The molecule has 3 aromatic rings. The van der Waals surface area contributed by atoms with Crippen molar-refractivity contribution < 1.29 is 14.3 Å². The molecule has 2 N–H and O–H groups in total. The minimum Gasteiger partial charge on any atom is -0.493 e. The highest BCUT2D eigenvalue weighted by molar-refractivity contribution is 5.97. The van der Waals surface area contributed by atoms with Gasteiger partial charge in [0, 0.05) is 47.4 Å². The van der Waals surface area contributed by atoms with Gasteiger partial charge in [0.1, 0.15) is 11.6 Å². The summed E-state index contributed by atoms with van der Waals surface area (Å²) in [6, 6.07) is 18.7. The molecule has 1 saturated heterocycles. The van der Waals surface area contributed by atoms with Crippen molar-refractivity contribution in [2.45, 2.75) is 70.1 Å². The Labute approximate surface area is 229 Å². The number of carbonyl (C=O) groups excluding carboxylic acids is 2. The van der Waals surface area contributed by atoms with Crippen LogP contribution in [0.4, 0.5) is 5.82 Å². The number of rotatable bonds is 6. The fraction of sp³-hybridized carbons (Fsp3) is 0.406. The van der Waals surface area contributed by atoms with Crippen LogP contribution in [0.25, 0.3) is 0 Å². The third-order valence-electron chi connectivity index (χ3n) is 9.49. The Bertz CT molecular complexity index is 1420. The van der Waals surface area contributed by atoms with Gasteiger partial charge >= 0.3 is 0 Å². The van der Waals surface area contributed by atoms with Crippen LogP contribution >= 0.6 is 0 Å². The van der Waals surface area contributed by atoms with E-state index in [9.17, 15) is 9.59 Å². The van der Waals surface area contributed by atoms with Crippen LogP contribution in [-0.2, 0) is 13.0 Å². The van der Waals surface area contributed by atoms with Crippen molar-refractivity contribution in [3.8, 4) is 5.75 Å². The molecule has 0 bridgehead atoms. The fourth-order valence-corrected chi connectivity index (χ4v) is 7.47. The van der Waals surface area contributed by atoms with Crippen molar-refractivity contribution in [3.63, 3.8) is 0 Å². The summed E-state index contributed by atoms with van der Waals surface area (Å²) in [5.74, 6) is 1.70. The molecule has 0 radical (unpaired) electrons. The number of aryl methyl sites for hydroxylation is 1. The van der Waals surface area contributed by atoms with E-state index in [1.54, 1.807) is 6.20 Å². The Hall–Kier alpha value is -3.87. The van der Waals surface area contributed by atoms with Crippen molar-refractivity contribution in [1.82, 2.24) is 15.6 Å². The van der Waals surface area contributed by atoms with Gasteiger partial charge in [-0.1, -0.05) is 36.4 Å². The lowest BCUT2D eigenvalue weighted by atomic mass is 9.53. The summed E-state index contributed by atoms with van der Waals surface area (Å²) < 4.78 is 5.90. The number of nitrogens with one attached hydrogen (secondary N) is 2. The zero-order valence-electron chi connectivity index (χ0n) is 22.3. The van der Waals surface area contributed by atoms with E-state index in [-0.39, 0.29) is 23.3 Å². The Morgan fingerprint density at radius 2 is 1.95 bits per heavy atom. The molecule has 2 amide bonds. The van der Waals surface area contributed by atoms with Gasteiger partial charge < -0.3 is 20.3 Å². The van der Waals surface area contributed by atoms with Crippen molar-refractivity contribution >= 4 is 17.6 Å². The molecule has 2 aromatic carbocycles. The van der Waals surface area contributed by atoms with Gasteiger partial charge in [0.15, 0.2) is 0 Å². The SMILES string of the molecule is Cc1c(C(=O)NC2CC3N(c4ccc(C(=O)NCc5ccccc5)cn4)C4CCC43C2)ccc2c1OCCC2. The number of amides is 2. The number of nitrogens with zero attached hydrogens (tertiary/aromatic N) is 2. The molecular weight excluding hydrogens is 488 g/mol. The van der Waals surface area contributed by atoms with Gasteiger partial charge in [-0.05, 0) is 74.8 Å². The molecule has 4 aliphatic rings. The summed E-state index contributed by atoms with van der Waals surface area (Å²) in [7, 11) is 0. The lowest BCUT2D eigenvalue weighted by Crippen LogP contribution is -2.75. The van der Waals surface area contributed by atoms with E-state index in [0.29, 0.717) is 24.2 Å². The van der Waals surface area contributed by atoms with Gasteiger partial charge in [-0.15, -0.1) is 0 Å². The monoisotopic (exact) mass is 522 g/mol. The second-order valence-corrected chi connectivity index (χ2v) is 11.6. The van der Waals surface area contributed by atoms with Gasteiger partial charge in [0.2, 0.25) is 0 Å². The zero-order chi connectivity index (χ0) is 26.6. The van der Waals surface area contributed by atoms with Crippen molar-refractivity contribution in [2.75, 3.05) is 11.5 Å². The minimum absolute atomic E-state index is 0.00131. The van der Waals surface area contributed by atoms with Gasteiger partial charge in [0.25, 0.3) is 11.8 Å². The lowest BCUT2D eigenvalue weighted by molar-refractivity contribution is -0.0172. The predicted molar refractivity (Wildman–Crippen MR) is 149 cm³/mol. The average molecular weight is 523 g/mol. The van der Waals surface area contributed by atoms with Crippen LogP contribution in [0.15, 0.2) is 60.8 Å². The van der Waals surface area contributed by atoms with E-state index < -0.39 is 0 Å². The Morgan fingerprint density at radius 1 is 1.08 bits per heavy atom. The number of fused-ring (bicyclic) bond motifs is 1. The van der Waals surface area contributed by atoms with Crippen molar-refractivity contribution in [2.24, 2.45) is 5.41 Å². The Balaban J connectivity index is 1.00. The first-order valence-electron chi connectivity index (χ1n) is 14.2. The summed E-state index contributed by atoms with van der Waals surface area (Å²) >= 11 is 0. The summed E-state index contributed by atoms with van der Waals surface area (Å²) in [5.41, 5.74) is 4.78. The van der Waals surface area contributed by atoms with Gasteiger partial charge in [-0.3, -0.25) is 9.59 Å². The summed E-state index contributed by atoms with van der Waals surface area (Å²) in [4.78, 5) is 33.1. The van der Waals surface area contributed by atoms with Crippen molar-refractivity contribution in [3.05, 3.63) is 88.6 Å². The number of aromatic nitrogens is 1. The minimum atomic E-state index is -0.119. The third-order valence-corrected chi connectivity index (χ3v) is 9.49. The first-order valence-corrected chi connectivity index (χ1v) is 14.2. The highest BCUT2D eigenvalue weighted by Gasteiger charge is 2.69. The number of hydrogen-bond acceptors (Lipinski definition) is 5. The summed E-state index contributed by atoms with van der Waals surface area (Å²) in [6.45, 7) is 3.21. The number of benzene rings is 2. The van der Waals surface area contributed by atoms with Crippen LogP contribution < -0.4 is 20.3 Å². The normalized spacial score (nSPS) is 26.2. The third kappa shape index (κ3) is 3.98. The average Bonchev–Trinajstić information content (AvgIpc) is 3.33. The first-order chi connectivity index (χ1) is 19.0. The molecule has 39 heavy (non-hydrogen) atoms. The van der Waals surface area contributed by atoms with E-state index in [0.717, 1.165) is 67.0 Å². The van der Waals surface area contributed by atoms with E-state index in [2.05, 4.69) is 15.5 Å². The standard InChI is InChI=1S/C32H34N4O3/c1-20-25(11-9-22-8-5-15-39-29(20)22)31(38)35-24-16-27-32(17-24)14-13-26(32)36(27)28-12-10-23(19-33-28)30(37)34-18-21-6-3-2-4-7-21/h2-4,6-7,9-12,19,24,26-27H,5,8,13-18H2,1H3,(H,34,37)(H,35,38). The van der Waals surface area contributed by atoms with E-state index >= 15 is 0 Å². The second-order valence-electron chi connectivity index (χ2n) is 11.6. The van der Waals surface area contributed by atoms with Crippen LogP contribution in [0.5, 0.6) is 5.75 Å². The van der Waals surface area contributed by atoms with E-state index in [4.69, 9.17) is 9.72 Å². The van der Waals surface area contributed by atoms with Crippen LogP contribution in [0.2, 0.25) is 0 Å². The largest absolute Gasteiger partial charge is 0.493 e. The van der Waals surface area contributed by atoms with Crippen molar-refractivity contribution in [1.29, 1.82) is 0 Å². The maximum absolute atomic E-state index is 13.3. The molecule has 2 aliphatic carbocycles. The highest BCUT2D eigenvalue weighted by Crippen LogP contribution is 2.65. The van der Waals surface area contributed by atoms with Gasteiger partial charge in [-0.2, -0.15) is 0 Å². The maximum Gasteiger partial charge on any atom is 0.253 e. The molecule has 1 aromatic heterocycles. The fourth-order valence-electron chi connectivity index (χ4n) is 7.47. The molecule has 2 saturated carbocycles. The molecule has 7 rings (SSSR count). The topological polar surface area (TPSA) is 83.6 Å². The number of pyridine rings is 1. The van der Waals surface area contributed by atoms with E-state index in [1.165, 1.54) is 12.0 Å². The van der Waals surface area contributed by atoms with Crippen LogP contribution in [0, 0.1) is 12.3 Å². The molecule has 200 valence electrons. The maximum atomic E-state index is 13.3. The predicted octanol–water partition coefficient (Wildman–Crippen LogP) is 4.57. The van der Waals surface area contributed by atoms with Gasteiger partial charge in [0.05, 0.1) is 12.2 Å². The number of piperidine rings is 1. The summed E-state index contributed by atoms with van der Waals surface area (Å²) in [5, 5.41) is 6.32. The van der Waals surface area contributed by atoms with Crippen LogP contribution in [0.3, 0.4) is 0 Å². The zero-order valence-corrected chi connectivity index (χ0v) is 22.3. The Morgan fingerprint density at radius 3 is 2.72 bits per heavy atom.